The number of aromatic nitrogens is 1. The van der Waals surface area contributed by atoms with Crippen LogP contribution in [0.3, 0.4) is 0 Å². The van der Waals surface area contributed by atoms with Crippen molar-refractivity contribution in [2.24, 2.45) is 5.92 Å². The Kier molecular flexibility index (Phi) is 9.30. The number of nitrogens with zero attached hydrogens (tertiary/aromatic N) is 4. The van der Waals surface area contributed by atoms with Gasteiger partial charge in [-0.25, -0.2) is 0 Å². The molecule has 0 bridgehead atoms. The van der Waals surface area contributed by atoms with Crippen molar-refractivity contribution < 1.29 is 9.53 Å². The van der Waals surface area contributed by atoms with E-state index < -0.39 is 0 Å². The third kappa shape index (κ3) is 6.89. The summed E-state index contributed by atoms with van der Waals surface area (Å²) in [6.45, 7) is 10.1. The maximum atomic E-state index is 13.1. The van der Waals surface area contributed by atoms with Crippen molar-refractivity contribution in [3.63, 3.8) is 0 Å². The summed E-state index contributed by atoms with van der Waals surface area (Å²) in [5.41, 5.74) is 0.827. The van der Waals surface area contributed by atoms with Crippen molar-refractivity contribution in [1.29, 1.82) is 0 Å². The maximum absolute atomic E-state index is 13.1. The number of methoxy groups -OCH3 is 1. The van der Waals surface area contributed by atoms with Crippen LogP contribution >= 0.6 is 0 Å². The van der Waals surface area contributed by atoms with E-state index in [9.17, 15) is 4.79 Å². The minimum absolute atomic E-state index is 0.116. The van der Waals surface area contributed by atoms with Crippen LogP contribution in [0, 0.1) is 5.92 Å². The van der Waals surface area contributed by atoms with Gasteiger partial charge in [-0.1, -0.05) is 13.0 Å². The van der Waals surface area contributed by atoms with E-state index in [2.05, 4.69) is 26.6 Å². The molecule has 0 radical (unpaired) electrons. The molecule has 2 saturated heterocycles. The molecule has 3 rings (SSSR count). The normalized spacial score (nSPS) is 21.5. The van der Waals surface area contributed by atoms with Gasteiger partial charge in [0, 0.05) is 45.1 Å². The smallest absolute Gasteiger partial charge is 0.246 e. The zero-order valence-electron chi connectivity index (χ0n) is 18.7. The summed E-state index contributed by atoms with van der Waals surface area (Å²) in [7, 11) is 1.76. The van der Waals surface area contributed by atoms with Gasteiger partial charge in [-0.2, -0.15) is 0 Å². The molecule has 1 aromatic heterocycles. The second kappa shape index (κ2) is 12.2. The topological polar surface area (TPSA) is 48.9 Å². The molecule has 2 aliphatic rings. The molecule has 0 aliphatic carbocycles. The van der Waals surface area contributed by atoms with E-state index in [0.29, 0.717) is 12.0 Å². The number of likely N-dealkylation sites (N-methyl/N-ethyl adjacent to an activating group) is 1. The Labute approximate surface area is 181 Å². The van der Waals surface area contributed by atoms with Gasteiger partial charge in [0.2, 0.25) is 5.91 Å². The number of carbonyl (C=O) groups is 1. The van der Waals surface area contributed by atoms with Gasteiger partial charge >= 0.3 is 0 Å². The summed E-state index contributed by atoms with van der Waals surface area (Å²) in [5, 5.41) is 0. The first-order valence-electron chi connectivity index (χ1n) is 11.5. The molecule has 0 spiro atoms. The van der Waals surface area contributed by atoms with Crippen LogP contribution in [0.5, 0.6) is 0 Å². The van der Waals surface area contributed by atoms with Crippen molar-refractivity contribution in [3.05, 3.63) is 36.2 Å². The minimum atomic E-state index is 0.116. The van der Waals surface area contributed by atoms with Gasteiger partial charge in [0.1, 0.15) is 0 Å². The van der Waals surface area contributed by atoms with E-state index in [-0.39, 0.29) is 5.91 Å². The Morgan fingerprint density at radius 2 is 2.07 bits per heavy atom. The van der Waals surface area contributed by atoms with E-state index in [1.54, 1.807) is 19.4 Å². The Morgan fingerprint density at radius 3 is 2.77 bits per heavy atom. The fourth-order valence-electron chi connectivity index (χ4n) is 4.69. The van der Waals surface area contributed by atoms with Crippen molar-refractivity contribution in [3.8, 4) is 0 Å². The summed E-state index contributed by atoms with van der Waals surface area (Å²) in [5.74, 6) is 0.692. The second-order valence-electron chi connectivity index (χ2n) is 8.53. The van der Waals surface area contributed by atoms with Gasteiger partial charge in [-0.05, 0) is 76.0 Å². The number of rotatable bonds is 10. The highest BCUT2D eigenvalue weighted by molar-refractivity contribution is 5.91. The van der Waals surface area contributed by atoms with Crippen molar-refractivity contribution in [2.45, 2.75) is 38.6 Å². The zero-order chi connectivity index (χ0) is 21.2. The molecule has 6 heteroatoms. The quantitative estimate of drug-likeness (QED) is 0.551. The number of carbonyl (C=O) groups excluding carboxylic acids is 1. The molecule has 1 atom stereocenters. The van der Waals surface area contributed by atoms with Crippen LogP contribution in [0.4, 0.5) is 0 Å². The number of hydrogen-bond donors (Lipinski definition) is 0. The third-order valence-corrected chi connectivity index (χ3v) is 6.53. The van der Waals surface area contributed by atoms with Gasteiger partial charge in [-0.3, -0.25) is 14.7 Å². The highest BCUT2D eigenvalue weighted by atomic mass is 16.5. The van der Waals surface area contributed by atoms with Gasteiger partial charge in [0.15, 0.2) is 0 Å². The van der Waals surface area contributed by atoms with Crippen LogP contribution in [0.15, 0.2) is 30.5 Å². The number of amides is 1. The van der Waals surface area contributed by atoms with Crippen LogP contribution in [-0.2, 0) is 9.53 Å². The van der Waals surface area contributed by atoms with Crippen molar-refractivity contribution in [2.75, 3.05) is 59.5 Å². The molecule has 0 N–H and O–H groups in total. The zero-order valence-corrected chi connectivity index (χ0v) is 18.7. The van der Waals surface area contributed by atoms with Crippen LogP contribution in [0.1, 0.15) is 38.3 Å². The average molecular weight is 415 g/mol. The maximum Gasteiger partial charge on any atom is 0.246 e. The Balaban J connectivity index is 1.60. The number of piperidine rings is 1. The SMILES string of the molecule is CCN1CCCC1CN(CC1CCN(CCOC)CC1)C(=O)/C=C/c1ccccn1. The van der Waals surface area contributed by atoms with Gasteiger partial charge < -0.3 is 14.5 Å². The molecule has 1 amide bonds. The van der Waals surface area contributed by atoms with Gasteiger partial charge in [0.05, 0.1) is 12.3 Å². The highest BCUT2D eigenvalue weighted by Crippen LogP contribution is 2.22. The number of ether oxygens (including phenoxy) is 1. The summed E-state index contributed by atoms with van der Waals surface area (Å²) >= 11 is 0. The third-order valence-electron chi connectivity index (χ3n) is 6.53. The molecule has 3 heterocycles. The molecule has 0 saturated carbocycles. The first-order valence-corrected chi connectivity index (χ1v) is 11.5. The van der Waals surface area contributed by atoms with Crippen LogP contribution in [0.25, 0.3) is 6.08 Å². The number of hydrogen-bond acceptors (Lipinski definition) is 5. The van der Waals surface area contributed by atoms with E-state index in [1.807, 2.05) is 24.3 Å². The van der Waals surface area contributed by atoms with E-state index >= 15 is 0 Å². The van der Waals surface area contributed by atoms with Crippen molar-refractivity contribution in [1.82, 2.24) is 19.7 Å². The summed E-state index contributed by atoms with van der Waals surface area (Å²) < 4.78 is 5.21. The minimum Gasteiger partial charge on any atom is -0.383 e. The molecule has 2 fully saturated rings. The molecule has 30 heavy (non-hydrogen) atoms. The molecule has 0 aromatic carbocycles. The lowest BCUT2D eigenvalue weighted by Gasteiger charge is -2.36. The van der Waals surface area contributed by atoms with E-state index in [4.69, 9.17) is 4.74 Å². The standard InChI is InChI=1S/C24H38N4O2/c1-3-27-14-6-8-23(27)20-28(24(29)10-9-22-7-4-5-13-25-22)19-21-11-15-26(16-12-21)17-18-30-2/h4-5,7,9-10,13,21,23H,3,6,8,11-12,14-20H2,1-2H3/b10-9+. The monoisotopic (exact) mass is 414 g/mol. The summed E-state index contributed by atoms with van der Waals surface area (Å²) in [4.78, 5) is 24.6. The molecule has 2 aliphatic heterocycles. The van der Waals surface area contributed by atoms with Gasteiger partial charge in [0.25, 0.3) is 0 Å². The summed E-state index contributed by atoms with van der Waals surface area (Å²) in [6, 6.07) is 6.26. The largest absolute Gasteiger partial charge is 0.383 e. The molecule has 6 nitrogen and oxygen atoms in total. The van der Waals surface area contributed by atoms with Gasteiger partial charge in [-0.15, -0.1) is 0 Å². The predicted octanol–water partition coefficient (Wildman–Crippen LogP) is 2.77. The second-order valence-corrected chi connectivity index (χ2v) is 8.53. The lowest BCUT2D eigenvalue weighted by molar-refractivity contribution is -0.127. The van der Waals surface area contributed by atoms with Crippen molar-refractivity contribution >= 4 is 12.0 Å². The molecule has 1 aromatic rings. The lowest BCUT2D eigenvalue weighted by atomic mass is 9.95. The van der Waals surface area contributed by atoms with E-state index in [0.717, 1.165) is 71.0 Å². The van der Waals surface area contributed by atoms with Crippen LogP contribution in [0.2, 0.25) is 0 Å². The lowest BCUT2D eigenvalue weighted by Crippen LogP contribution is -2.46. The van der Waals surface area contributed by atoms with Crippen LogP contribution < -0.4 is 0 Å². The Morgan fingerprint density at radius 1 is 1.23 bits per heavy atom. The molecular weight excluding hydrogens is 376 g/mol. The molecule has 166 valence electrons. The number of likely N-dealkylation sites (tertiary alicyclic amines) is 2. The predicted molar refractivity (Wildman–Crippen MR) is 121 cm³/mol. The number of pyridine rings is 1. The molecule has 1 unspecified atom stereocenters. The highest BCUT2D eigenvalue weighted by Gasteiger charge is 2.29. The summed E-state index contributed by atoms with van der Waals surface area (Å²) in [6.07, 6.45) is 10.0. The fraction of sp³-hybridized carbons (Fsp3) is 0.667. The average Bonchev–Trinajstić information content (AvgIpc) is 3.24. The Hall–Kier alpha value is -1.76. The molecular formula is C24H38N4O2. The first kappa shape index (κ1) is 22.9. The first-order chi connectivity index (χ1) is 14.7. The fourth-order valence-corrected chi connectivity index (χ4v) is 4.69. The van der Waals surface area contributed by atoms with E-state index in [1.165, 1.54) is 12.8 Å². The Bertz CT molecular complexity index is 658. The van der Waals surface area contributed by atoms with Crippen LogP contribution in [-0.4, -0.2) is 91.2 Å².